The minimum atomic E-state index is -2.61. The van der Waals surface area contributed by atoms with Crippen LogP contribution in [0.5, 0.6) is 0 Å². The molecule has 0 radical (unpaired) electrons. The molecule has 2 aliphatic rings. The van der Waals surface area contributed by atoms with E-state index < -0.39 is 23.2 Å². The highest BCUT2D eigenvalue weighted by atomic mass is 19.3. The molecule has 0 unspecified atom stereocenters. The number of hydrogen-bond acceptors (Lipinski definition) is 3. The molecule has 1 N–H and O–H groups in total. The van der Waals surface area contributed by atoms with Gasteiger partial charge < -0.3 is 9.47 Å². The molecule has 132 valence electrons. The number of fused-ring (bicyclic) bond motifs is 2. The molecule has 1 aromatic carbocycles. The fraction of sp³-hybridized carbons (Fsp3) is 0.611. The van der Waals surface area contributed by atoms with Crippen LogP contribution in [0.25, 0.3) is 0 Å². The molecule has 0 saturated heterocycles. The van der Waals surface area contributed by atoms with Crippen LogP contribution in [0.2, 0.25) is 0 Å². The van der Waals surface area contributed by atoms with Crippen LogP contribution in [-0.4, -0.2) is 17.6 Å². The van der Waals surface area contributed by atoms with E-state index in [1.54, 1.807) is 26.8 Å². The molecule has 0 aromatic heterocycles. The summed E-state index contributed by atoms with van der Waals surface area (Å²) in [4.78, 5) is 11.9. The second-order valence-electron chi connectivity index (χ2n) is 7.64. The smallest absolute Gasteiger partial charge is 0.412 e. The van der Waals surface area contributed by atoms with Crippen molar-refractivity contribution in [2.45, 2.75) is 70.2 Å². The number of amides is 1. The van der Waals surface area contributed by atoms with Crippen molar-refractivity contribution >= 4 is 11.8 Å². The van der Waals surface area contributed by atoms with E-state index in [0.29, 0.717) is 25.1 Å². The van der Waals surface area contributed by atoms with Crippen molar-refractivity contribution in [2.75, 3.05) is 5.32 Å². The van der Waals surface area contributed by atoms with Crippen LogP contribution in [0.3, 0.4) is 0 Å². The Morgan fingerprint density at radius 2 is 1.88 bits per heavy atom. The van der Waals surface area contributed by atoms with E-state index in [2.05, 4.69) is 5.32 Å². The summed E-state index contributed by atoms with van der Waals surface area (Å²) in [6.45, 7) is 5.80. The topological polar surface area (TPSA) is 47.6 Å². The summed E-state index contributed by atoms with van der Waals surface area (Å²) in [5, 5.41) is 2.70. The average Bonchev–Trinajstić information content (AvgIpc) is 2.79. The van der Waals surface area contributed by atoms with E-state index >= 15 is 0 Å². The average molecular weight is 339 g/mol. The number of alkyl halides is 2. The molecule has 0 atom stereocenters. The minimum Gasteiger partial charge on any atom is -0.444 e. The fourth-order valence-electron chi connectivity index (χ4n) is 3.35. The van der Waals surface area contributed by atoms with Crippen molar-refractivity contribution in [3.05, 3.63) is 29.3 Å². The molecule has 6 heteroatoms. The van der Waals surface area contributed by atoms with Gasteiger partial charge >= 0.3 is 6.09 Å². The lowest BCUT2D eigenvalue weighted by molar-refractivity contribution is -0.130. The van der Waals surface area contributed by atoms with Gasteiger partial charge in [-0.15, -0.1) is 0 Å². The number of carbonyl (C=O) groups excluding carboxylic acids is 1. The molecule has 1 fully saturated rings. The maximum Gasteiger partial charge on any atom is 0.412 e. The zero-order valence-electron chi connectivity index (χ0n) is 14.2. The number of nitrogens with one attached hydrogen (secondary N) is 1. The highest BCUT2D eigenvalue weighted by molar-refractivity contribution is 5.85. The minimum absolute atomic E-state index is 0.170. The lowest BCUT2D eigenvalue weighted by Gasteiger charge is -2.37. The summed E-state index contributed by atoms with van der Waals surface area (Å²) in [5.74, 6) is -2.61. The molecule has 1 saturated carbocycles. The van der Waals surface area contributed by atoms with Gasteiger partial charge in [0.1, 0.15) is 5.60 Å². The predicted octanol–water partition coefficient (Wildman–Crippen LogP) is 4.97. The maximum absolute atomic E-state index is 13.5. The van der Waals surface area contributed by atoms with Crippen molar-refractivity contribution < 1.29 is 23.0 Å². The normalized spacial score (nSPS) is 21.4. The van der Waals surface area contributed by atoms with Crippen molar-refractivity contribution in [1.29, 1.82) is 0 Å². The molecule has 1 aliphatic carbocycles. The zero-order chi connectivity index (χ0) is 17.6. The third kappa shape index (κ3) is 3.53. The van der Waals surface area contributed by atoms with E-state index in [1.807, 2.05) is 12.1 Å². The fourth-order valence-corrected chi connectivity index (χ4v) is 3.35. The molecule has 0 bridgehead atoms. The van der Waals surface area contributed by atoms with E-state index in [4.69, 9.17) is 9.47 Å². The second kappa shape index (κ2) is 5.69. The zero-order valence-corrected chi connectivity index (χ0v) is 14.2. The summed E-state index contributed by atoms with van der Waals surface area (Å²) >= 11 is 0. The van der Waals surface area contributed by atoms with Crippen molar-refractivity contribution in [1.82, 2.24) is 0 Å². The molecular formula is C18H23F2NO3. The summed E-state index contributed by atoms with van der Waals surface area (Å²) in [6, 6.07) is 5.49. The quantitative estimate of drug-likeness (QED) is 0.786. The number of anilines is 1. The Morgan fingerprint density at radius 3 is 2.50 bits per heavy atom. The predicted molar refractivity (Wildman–Crippen MR) is 86.2 cm³/mol. The van der Waals surface area contributed by atoms with Crippen LogP contribution >= 0.6 is 0 Å². The lowest BCUT2D eigenvalue weighted by Crippen LogP contribution is -2.36. The number of hydrogen-bond donors (Lipinski definition) is 1. The Balaban J connectivity index is 1.78. The summed E-state index contributed by atoms with van der Waals surface area (Å²) < 4.78 is 38.1. The van der Waals surface area contributed by atoms with Gasteiger partial charge in [0.25, 0.3) is 0 Å². The van der Waals surface area contributed by atoms with Crippen LogP contribution in [0.4, 0.5) is 19.3 Å². The molecule has 4 nitrogen and oxygen atoms in total. The first-order valence-electron chi connectivity index (χ1n) is 8.24. The van der Waals surface area contributed by atoms with E-state index in [1.165, 1.54) is 0 Å². The Kier molecular flexibility index (Phi) is 4.06. The Hall–Kier alpha value is -1.69. The molecule has 3 rings (SSSR count). The Morgan fingerprint density at radius 1 is 1.21 bits per heavy atom. The molecule has 24 heavy (non-hydrogen) atoms. The van der Waals surface area contributed by atoms with Crippen LogP contribution in [0.15, 0.2) is 18.2 Å². The highest BCUT2D eigenvalue weighted by Crippen LogP contribution is 2.51. The maximum atomic E-state index is 13.5. The van der Waals surface area contributed by atoms with E-state index in [0.717, 1.165) is 11.1 Å². The second-order valence-corrected chi connectivity index (χ2v) is 7.64. The number of carbonyl (C=O) groups is 1. The molecular weight excluding hydrogens is 316 g/mol. The van der Waals surface area contributed by atoms with E-state index in [-0.39, 0.29) is 12.8 Å². The third-order valence-electron chi connectivity index (χ3n) is 4.54. The lowest BCUT2D eigenvalue weighted by atomic mass is 9.78. The van der Waals surface area contributed by atoms with Gasteiger partial charge in [-0.05, 0) is 56.9 Å². The standard InChI is InChI=1S/C18H23F2NO3/c1-16(2,3)24-15(22)21-13-5-4-12-11-23-17(14(12)10-13)6-8-18(19,20)9-7-17/h4-5,10H,6-9,11H2,1-3H3,(H,21,22). The molecule has 1 amide bonds. The number of ether oxygens (including phenoxy) is 2. The van der Waals surface area contributed by atoms with Crippen LogP contribution in [0, 0.1) is 0 Å². The van der Waals surface area contributed by atoms with Gasteiger partial charge in [0.05, 0.1) is 12.2 Å². The van der Waals surface area contributed by atoms with Gasteiger partial charge in [0.15, 0.2) is 0 Å². The van der Waals surface area contributed by atoms with Crippen LogP contribution in [-0.2, 0) is 21.7 Å². The molecule has 1 aromatic rings. The SMILES string of the molecule is CC(C)(C)OC(=O)Nc1ccc2c(c1)C1(CCC(F)(F)CC1)OC2. The summed E-state index contributed by atoms with van der Waals surface area (Å²) in [7, 11) is 0. The third-order valence-corrected chi connectivity index (χ3v) is 4.54. The summed E-state index contributed by atoms with van der Waals surface area (Å²) in [6.07, 6.45) is -0.288. The molecule has 1 aliphatic heterocycles. The Labute approximate surface area is 140 Å². The van der Waals surface area contributed by atoms with Gasteiger partial charge in [-0.3, -0.25) is 5.32 Å². The largest absolute Gasteiger partial charge is 0.444 e. The van der Waals surface area contributed by atoms with Crippen LogP contribution < -0.4 is 5.32 Å². The number of rotatable bonds is 1. The van der Waals surface area contributed by atoms with Gasteiger partial charge in [-0.1, -0.05) is 6.07 Å². The monoisotopic (exact) mass is 339 g/mol. The van der Waals surface area contributed by atoms with Gasteiger partial charge in [0, 0.05) is 18.5 Å². The van der Waals surface area contributed by atoms with Crippen molar-refractivity contribution in [3.8, 4) is 0 Å². The van der Waals surface area contributed by atoms with Gasteiger partial charge in [0.2, 0.25) is 5.92 Å². The van der Waals surface area contributed by atoms with Crippen LogP contribution in [0.1, 0.15) is 57.6 Å². The van der Waals surface area contributed by atoms with Crippen molar-refractivity contribution in [2.24, 2.45) is 0 Å². The first-order chi connectivity index (χ1) is 11.1. The van der Waals surface area contributed by atoms with E-state index in [9.17, 15) is 13.6 Å². The molecule has 1 spiro atoms. The van der Waals surface area contributed by atoms with Gasteiger partial charge in [-0.25, -0.2) is 13.6 Å². The number of benzene rings is 1. The number of halogens is 2. The van der Waals surface area contributed by atoms with Crippen molar-refractivity contribution in [3.63, 3.8) is 0 Å². The summed E-state index contributed by atoms with van der Waals surface area (Å²) in [5.41, 5.74) is 1.26. The molecule has 1 heterocycles. The van der Waals surface area contributed by atoms with Gasteiger partial charge in [-0.2, -0.15) is 0 Å². The first kappa shape index (κ1) is 17.1. The Bertz CT molecular complexity index is 642. The first-order valence-corrected chi connectivity index (χ1v) is 8.24. The highest BCUT2D eigenvalue weighted by Gasteiger charge is 2.48.